The molecule has 286 valence electrons. The molecule has 0 radical (unpaired) electrons. The van der Waals surface area contributed by atoms with Gasteiger partial charge in [-0.1, -0.05) is 176 Å². The van der Waals surface area contributed by atoms with Gasteiger partial charge in [0, 0.05) is 32.7 Å². The van der Waals surface area contributed by atoms with E-state index < -0.39 is 0 Å². The topological polar surface area (TPSA) is 26.3 Å². The standard InChI is InChI=1S/C60H34O2/c1-4-17-40-37(14-1)38-15-2-5-18-41(38)52-34-54-47-24-12-23-46(50-27-13-26-49-45-21-8-10-29-57(45)62-60(49)50)58(47)55-32-35(36-22-11-25-48-44-20-7-9-28-56(44)61-59(36)48)30-31-43(55)39-16-3-6-19-42(39)53(54)33-51(40)52/h1-34H. The lowest BCUT2D eigenvalue weighted by atomic mass is 9.76. The lowest BCUT2D eigenvalue weighted by molar-refractivity contribution is 0.669. The van der Waals surface area contributed by atoms with E-state index in [-0.39, 0.29) is 0 Å². The van der Waals surface area contributed by atoms with Gasteiger partial charge in [-0.25, -0.2) is 0 Å². The molecule has 0 spiro atoms. The number of benzene rings is 11. The molecular formula is C60H34O2. The third-order valence-electron chi connectivity index (χ3n) is 13.4. The van der Waals surface area contributed by atoms with Crippen LogP contribution in [0.1, 0.15) is 0 Å². The Kier molecular flexibility index (Phi) is 6.86. The molecule has 0 atom stereocenters. The molecule has 62 heavy (non-hydrogen) atoms. The van der Waals surface area contributed by atoms with Crippen LogP contribution in [0.3, 0.4) is 0 Å². The fourth-order valence-electron chi connectivity index (χ4n) is 10.7. The van der Waals surface area contributed by atoms with Crippen LogP contribution in [0.25, 0.3) is 143 Å². The van der Waals surface area contributed by atoms with Crippen molar-refractivity contribution in [3.8, 4) is 66.8 Å². The molecular weight excluding hydrogens is 753 g/mol. The van der Waals surface area contributed by atoms with E-state index in [0.717, 1.165) is 71.7 Å². The maximum atomic E-state index is 6.80. The second-order valence-corrected chi connectivity index (χ2v) is 16.6. The van der Waals surface area contributed by atoms with Gasteiger partial charge in [0.05, 0.1) is 0 Å². The van der Waals surface area contributed by atoms with Crippen LogP contribution in [0, 0.1) is 0 Å². The van der Waals surface area contributed by atoms with Crippen LogP contribution in [0.4, 0.5) is 0 Å². The molecule has 2 heteroatoms. The Morgan fingerprint density at radius 3 is 1.21 bits per heavy atom. The first kappa shape index (κ1) is 33.6. The van der Waals surface area contributed by atoms with Crippen molar-refractivity contribution in [1.29, 1.82) is 0 Å². The molecule has 13 aromatic rings. The maximum Gasteiger partial charge on any atom is 0.143 e. The molecule has 0 aliphatic heterocycles. The summed E-state index contributed by atoms with van der Waals surface area (Å²) in [5, 5.41) is 12.0. The number of hydrogen-bond donors (Lipinski definition) is 0. The van der Waals surface area contributed by atoms with Gasteiger partial charge < -0.3 is 8.83 Å². The van der Waals surface area contributed by atoms with E-state index in [1.165, 1.54) is 71.3 Å². The van der Waals surface area contributed by atoms with Crippen LogP contribution in [0.5, 0.6) is 0 Å². The van der Waals surface area contributed by atoms with Gasteiger partial charge in [0.1, 0.15) is 22.3 Å². The summed E-state index contributed by atoms with van der Waals surface area (Å²) in [6, 6.07) is 75.4. The third kappa shape index (κ3) is 4.64. The molecule has 0 saturated heterocycles. The average molecular weight is 787 g/mol. The Balaban J connectivity index is 1.15. The second-order valence-electron chi connectivity index (χ2n) is 16.6. The van der Waals surface area contributed by atoms with E-state index in [0.29, 0.717) is 0 Å². The Bertz CT molecular complexity index is 4050. The normalized spacial score (nSPS) is 12.2. The Morgan fingerprint density at radius 1 is 0.210 bits per heavy atom. The predicted molar refractivity (Wildman–Crippen MR) is 260 cm³/mol. The van der Waals surface area contributed by atoms with Gasteiger partial charge in [0.25, 0.3) is 0 Å². The largest absolute Gasteiger partial charge is 0.455 e. The molecule has 1 aliphatic rings. The van der Waals surface area contributed by atoms with E-state index in [4.69, 9.17) is 8.83 Å². The highest BCUT2D eigenvalue weighted by molar-refractivity contribution is 6.27. The summed E-state index contributed by atoms with van der Waals surface area (Å²) in [5.41, 5.74) is 17.5. The molecule has 0 bridgehead atoms. The summed E-state index contributed by atoms with van der Waals surface area (Å²) in [4.78, 5) is 0. The van der Waals surface area contributed by atoms with Crippen molar-refractivity contribution in [3.63, 3.8) is 0 Å². The van der Waals surface area contributed by atoms with Crippen LogP contribution < -0.4 is 0 Å². The van der Waals surface area contributed by atoms with Gasteiger partial charge in [0.2, 0.25) is 0 Å². The zero-order valence-electron chi connectivity index (χ0n) is 33.4. The minimum atomic E-state index is 0.889. The van der Waals surface area contributed by atoms with Crippen molar-refractivity contribution in [2.75, 3.05) is 0 Å². The van der Waals surface area contributed by atoms with Gasteiger partial charge in [0.15, 0.2) is 0 Å². The average Bonchev–Trinajstić information content (AvgIpc) is 3.92. The minimum Gasteiger partial charge on any atom is -0.455 e. The van der Waals surface area contributed by atoms with Crippen LogP contribution in [0.15, 0.2) is 215 Å². The van der Waals surface area contributed by atoms with Crippen LogP contribution in [-0.2, 0) is 0 Å². The summed E-state index contributed by atoms with van der Waals surface area (Å²) in [7, 11) is 0. The van der Waals surface area contributed by atoms with Crippen molar-refractivity contribution in [3.05, 3.63) is 206 Å². The summed E-state index contributed by atoms with van der Waals surface area (Å²) in [6.07, 6.45) is 0. The zero-order chi connectivity index (χ0) is 40.5. The van der Waals surface area contributed by atoms with Crippen molar-refractivity contribution in [1.82, 2.24) is 0 Å². The van der Waals surface area contributed by atoms with Crippen molar-refractivity contribution >= 4 is 76.2 Å². The van der Waals surface area contributed by atoms with Gasteiger partial charge in [-0.2, -0.15) is 0 Å². The highest BCUT2D eigenvalue weighted by Crippen LogP contribution is 2.54. The third-order valence-corrected chi connectivity index (χ3v) is 13.4. The summed E-state index contributed by atoms with van der Waals surface area (Å²) in [6.45, 7) is 0. The summed E-state index contributed by atoms with van der Waals surface area (Å²) in [5.74, 6) is 0. The number of furan rings is 2. The van der Waals surface area contributed by atoms with Crippen molar-refractivity contribution < 1.29 is 8.83 Å². The fourth-order valence-corrected chi connectivity index (χ4v) is 10.7. The Hall–Kier alpha value is -8.20. The second kappa shape index (κ2) is 12.7. The quantitative estimate of drug-likeness (QED) is 0.163. The van der Waals surface area contributed by atoms with E-state index in [2.05, 4.69) is 194 Å². The lowest BCUT2D eigenvalue weighted by Gasteiger charge is -2.26. The first-order chi connectivity index (χ1) is 30.8. The number of para-hydroxylation sites is 4. The molecule has 2 heterocycles. The van der Waals surface area contributed by atoms with Crippen molar-refractivity contribution in [2.24, 2.45) is 0 Å². The summed E-state index contributed by atoms with van der Waals surface area (Å²) >= 11 is 0. The molecule has 0 N–H and O–H groups in total. The van der Waals surface area contributed by atoms with Crippen molar-refractivity contribution in [2.45, 2.75) is 0 Å². The minimum absolute atomic E-state index is 0.889. The smallest absolute Gasteiger partial charge is 0.143 e. The van der Waals surface area contributed by atoms with Crippen LogP contribution >= 0.6 is 0 Å². The molecule has 0 fully saturated rings. The van der Waals surface area contributed by atoms with Crippen LogP contribution in [-0.4, -0.2) is 0 Å². The Labute approximate surface area is 356 Å². The van der Waals surface area contributed by atoms with Gasteiger partial charge in [-0.15, -0.1) is 0 Å². The molecule has 11 aromatic carbocycles. The first-order valence-electron chi connectivity index (χ1n) is 21.3. The molecule has 0 saturated carbocycles. The fraction of sp³-hybridized carbons (Fsp3) is 0. The SMILES string of the molecule is c1ccc2c(c1)-c1cc3c4ccccc4c4ccccc4c3cc1-c1cccc(-c3cccc4c3oc3ccccc34)c1-c1cc(-c3cccc4c3oc3ccccc34)ccc1-2. The van der Waals surface area contributed by atoms with Gasteiger partial charge >= 0.3 is 0 Å². The van der Waals surface area contributed by atoms with E-state index in [9.17, 15) is 0 Å². The van der Waals surface area contributed by atoms with E-state index >= 15 is 0 Å². The monoisotopic (exact) mass is 786 g/mol. The Morgan fingerprint density at radius 2 is 0.597 bits per heavy atom. The molecule has 0 amide bonds. The molecule has 2 aromatic heterocycles. The molecule has 1 aliphatic carbocycles. The van der Waals surface area contributed by atoms with Gasteiger partial charge in [-0.05, 0) is 118 Å². The maximum absolute atomic E-state index is 6.80. The number of fused-ring (bicyclic) bond motifs is 20. The number of hydrogen-bond acceptors (Lipinski definition) is 2. The highest BCUT2D eigenvalue weighted by Gasteiger charge is 2.28. The summed E-state index contributed by atoms with van der Waals surface area (Å²) < 4.78 is 13.5. The molecule has 2 nitrogen and oxygen atoms in total. The first-order valence-corrected chi connectivity index (χ1v) is 21.3. The predicted octanol–water partition coefficient (Wildman–Crippen LogP) is 17.3. The lowest BCUT2D eigenvalue weighted by Crippen LogP contribution is -2.00. The molecule has 0 unspecified atom stereocenters. The number of rotatable bonds is 2. The van der Waals surface area contributed by atoms with Crippen LogP contribution in [0.2, 0.25) is 0 Å². The van der Waals surface area contributed by atoms with E-state index in [1.807, 2.05) is 12.1 Å². The highest BCUT2D eigenvalue weighted by atomic mass is 16.3. The zero-order valence-corrected chi connectivity index (χ0v) is 33.4. The molecule has 14 rings (SSSR count). The van der Waals surface area contributed by atoms with Gasteiger partial charge in [-0.3, -0.25) is 0 Å². The van der Waals surface area contributed by atoms with E-state index in [1.54, 1.807) is 0 Å².